The van der Waals surface area contributed by atoms with Gasteiger partial charge in [-0.3, -0.25) is 4.79 Å². The lowest BCUT2D eigenvalue weighted by molar-refractivity contribution is 0.109. The Bertz CT molecular complexity index is 553. The van der Waals surface area contributed by atoms with E-state index in [2.05, 4.69) is 6.07 Å². The lowest BCUT2D eigenvalue weighted by Gasteiger charge is -2.11. The third-order valence-corrected chi connectivity index (χ3v) is 2.79. The molecule has 0 aliphatic rings. The molecule has 3 heteroatoms. The topological polar surface area (TPSA) is 39.4 Å². The molecular weight excluding hydrogens is 216 g/mol. The van der Waals surface area contributed by atoms with E-state index in [-0.39, 0.29) is 5.76 Å². The third kappa shape index (κ3) is 2.23. The zero-order valence-corrected chi connectivity index (χ0v) is 10.1. The SMILES string of the molecule is Cc1ccc(C)c(Oc2ccc(C=O)o2)c1C. The molecule has 0 amide bonds. The average Bonchev–Trinajstić information content (AvgIpc) is 2.77. The summed E-state index contributed by atoms with van der Waals surface area (Å²) in [5.74, 6) is 1.39. The van der Waals surface area contributed by atoms with Crippen molar-refractivity contribution in [3.05, 3.63) is 46.7 Å². The van der Waals surface area contributed by atoms with E-state index in [1.807, 2.05) is 26.8 Å². The van der Waals surface area contributed by atoms with Crippen LogP contribution >= 0.6 is 0 Å². The Morgan fingerprint density at radius 3 is 2.41 bits per heavy atom. The molecule has 1 aromatic carbocycles. The van der Waals surface area contributed by atoms with Gasteiger partial charge in [-0.2, -0.15) is 0 Å². The van der Waals surface area contributed by atoms with Gasteiger partial charge in [0.15, 0.2) is 12.0 Å². The molecule has 0 fully saturated rings. The quantitative estimate of drug-likeness (QED) is 0.752. The number of aldehydes is 1. The number of carbonyl (C=O) groups excluding carboxylic acids is 1. The fraction of sp³-hybridized carbons (Fsp3) is 0.214. The fourth-order valence-electron chi connectivity index (χ4n) is 1.64. The highest BCUT2D eigenvalue weighted by Crippen LogP contribution is 2.31. The molecule has 2 rings (SSSR count). The minimum Gasteiger partial charge on any atom is -0.425 e. The Morgan fingerprint density at radius 2 is 1.76 bits per heavy atom. The molecule has 0 unspecified atom stereocenters. The maximum atomic E-state index is 10.5. The summed E-state index contributed by atoms with van der Waals surface area (Å²) < 4.78 is 10.9. The highest BCUT2D eigenvalue weighted by molar-refractivity contribution is 5.70. The number of benzene rings is 1. The lowest BCUT2D eigenvalue weighted by atomic mass is 10.1. The van der Waals surface area contributed by atoms with Crippen molar-refractivity contribution in [1.82, 2.24) is 0 Å². The van der Waals surface area contributed by atoms with Crippen LogP contribution in [0.4, 0.5) is 0 Å². The maximum absolute atomic E-state index is 10.5. The van der Waals surface area contributed by atoms with Gasteiger partial charge in [0.1, 0.15) is 5.75 Å². The lowest BCUT2D eigenvalue weighted by Crippen LogP contribution is -1.92. The van der Waals surface area contributed by atoms with Crippen LogP contribution < -0.4 is 4.74 Å². The van der Waals surface area contributed by atoms with Crippen LogP contribution in [0, 0.1) is 20.8 Å². The van der Waals surface area contributed by atoms with Gasteiger partial charge in [0.05, 0.1) is 0 Å². The first-order chi connectivity index (χ1) is 8.11. The van der Waals surface area contributed by atoms with Gasteiger partial charge in [-0.1, -0.05) is 12.1 Å². The summed E-state index contributed by atoms with van der Waals surface area (Å²) in [6, 6.07) is 7.28. The molecule has 2 aromatic rings. The standard InChI is InChI=1S/C14H14O3/c1-9-4-5-10(2)14(11(9)3)17-13-7-6-12(8-15)16-13/h4-8H,1-3H3. The predicted octanol–water partition coefficient (Wildman–Crippen LogP) is 3.81. The predicted molar refractivity (Wildman–Crippen MR) is 64.8 cm³/mol. The second kappa shape index (κ2) is 4.45. The van der Waals surface area contributed by atoms with Crippen LogP contribution in [-0.4, -0.2) is 6.29 Å². The van der Waals surface area contributed by atoms with Crippen LogP contribution in [0.5, 0.6) is 11.7 Å². The van der Waals surface area contributed by atoms with Gasteiger partial charge in [-0.15, -0.1) is 0 Å². The fourth-order valence-corrected chi connectivity index (χ4v) is 1.64. The first kappa shape index (κ1) is 11.5. The molecule has 0 saturated carbocycles. The van der Waals surface area contributed by atoms with E-state index in [1.54, 1.807) is 12.1 Å². The van der Waals surface area contributed by atoms with Gasteiger partial charge in [-0.05, 0) is 43.5 Å². The molecule has 0 aliphatic carbocycles. The second-order valence-corrected chi connectivity index (χ2v) is 4.03. The minimum absolute atomic E-state index is 0.267. The molecule has 1 aromatic heterocycles. The van der Waals surface area contributed by atoms with Crippen molar-refractivity contribution >= 4 is 6.29 Å². The number of hydrogen-bond acceptors (Lipinski definition) is 3. The number of rotatable bonds is 3. The van der Waals surface area contributed by atoms with Gasteiger partial charge in [0.25, 0.3) is 5.95 Å². The van der Waals surface area contributed by atoms with E-state index < -0.39 is 0 Å². The Labute approximate surface area is 100 Å². The number of ether oxygens (including phenoxy) is 1. The normalized spacial score (nSPS) is 10.3. The Morgan fingerprint density at radius 1 is 1.06 bits per heavy atom. The second-order valence-electron chi connectivity index (χ2n) is 4.03. The monoisotopic (exact) mass is 230 g/mol. The molecule has 3 nitrogen and oxygen atoms in total. The summed E-state index contributed by atoms with van der Waals surface area (Å²) in [5.41, 5.74) is 3.28. The summed E-state index contributed by atoms with van der Waals surface area (Å²) in [6.07, 6.45) is 0.656. The van der Waals surface area contributed by atoms with Crippen molar-refractivity contribution in [2.45, 2.75) is 20.8 Å². The van der Waals surface area contributed by atoms with E-state index in [0.29, 0.717) is 12.2 Å². The number of hydrogen-bond donors (Lipinski definition) is 0. The first-order valence-corrected chi connectivity index (χ1v) is 5.41. The first-order valence-electron chi connectivity index (χ1n) is 5.41. The molecule has 0 saturated heterocycles. The van der Waals surface area contributed by atoms with Crippen LogP contribution in [0.15, 0.2) is 28.7 Å². The van der Waals surface area contributed by atoms with Crippen LogP contribution in [0.2, 0.25) is 0 Å². The molecule has 0 N–H and O–H groups in total. The van der Waals surface area contributed by atoms with Gasteiger partial charge < -0.3 is 9.15 Å². The third-order valence-electron chi connectivity index (χ3n) is 2.79. The van der Waals surface area contributed by atoms with Crippen molar-refractivity contribution in [2.75, 3.05) is 0 Å². The largest absolute Gasteiger partial charge is 0.425 e. The summed E-state index contributed by atoms with van der Waals surface area (Å²) >= 11 is 0. The average molecular weight is 230 g/mol. The van der Waals surface area contributed by atoms with Crippen LogP contribution in [-0.2, 0) is 0 Å². The van der Waals surface area contributed by atoms with Crippen molar-refractivity contribution in [1.29, 1.82) is 0 Å². The molecule has 0 bridgehead atoms. The highest BCUT2D eigenvalue weighted by atomic mass is 16.6. The van der Waals surface area contributed by atoms with Crippen molar-refractivity contribution < 1.29 is 13.9 Å². The van der Waals surface area contributed by atoms with Crippen LogP contribution in [0.3, 0.4) is 0 Å². The highest BCUT2D eigenvalue weighted by Gasteiger charge is 2.10. The maximum Gasteiger partial charge on any atom is 0.290 e. The zero-order valence-electron chi connectivity index (χ0n) is 10.1. The summed E-state index contributed by atoms with van der Waals surface area (Å²) in [4.78, 5) is 10.5. The van der Waals surface area contributed by atoms with Crippen molar-refractivity contribution in [3.63, 3.8) is 0 Å². The van der Waals surface area contributed by atoms with E-state index in [4.69, 9.17) is 9.15 Å². The van der Waals surface area contributed by atoms with Gasteiger partial charge in [0.2, 0.25) is 0 Å². The van der Waals surface area contributed by atoms with Crippen molar-refractivity contribution in [3.8, 4) is 11.7 Å². The summed E-state index contributed by atoms with van der Waals surface area (Å²) in [5, 5.41) is 0. The van der Waals surface area contributed by atoms with Crippen molar-refractivity contribution in [2.24, 2.45) is 0 Å². The molecule has 1 heterocycles. The van der Waals surface area contributed by atoms with Gasteiger partial charge >= 0.3 is 0 Å². The molecule has 17 heavy (non-hydrogen) atoms. The van der Waals surface area contributed by atoms with E-state index >= 15 is 0 Å². The summed E-state index contributed by atoms with van der Waals surface area (Å²) in [6.45, 7) is 6.01. The van der Waals surface area contributed by atoms with E-state index in [1.165, 1.54) is 0 Å². The Hall–Kier alpha value is -2.03. The van der Waals surface area contributed by atoms with E-state index in [9.17, 15) is 4.79 Å². The molecule has 0 radical (unpaired) electrons. The molecule has 0 atom stereocenters. The van der Waals surface area contributed by atoms with Crippen LogP contribution in [0.25, 0.3) is 0 Å². The zero-order chi connectivity index (χ0) is 12.4. The number of aryl methyl sites for hydroxylation is 2. The molecule has 0 spiro atoms. The minimum atomic E-state index is 0.267. The smallest absolute Gasteiger partial charge is 0.290 e. The van der Waals surface area contributed by atoms with Gasteiger partial charge in [0, 0.05) is 6.07 Å². The van der Waals surface area contributed by atoms with E-state index in [0.717, 1.165) is 22.4 Å². The van der Waals surface area contributed by atoms with Crippen LogP contribution in [0.1, 0.15) is 27.2 Å². The Kier molecular flexibility index (Phi) is 3.00. The number of furan rings is 1. The molecular formula is C14H14O3. The number of carbonyl (C=O) groups is 1. The summed E-state index contributed by atoms with van der Waals surface area (Å²) in [7, 11) is 0. The molecule has 88 valence electrons. The Balaban J connectivity index is 2.35. The van der Waals surface area contributed by atoms with Gasteiger partial charge in [-0.25, -0.2) is 0 Å². The molecule has 0 aliphatic heterocycles.